The van der Waals surface area contributed by atoms with Crippen LogP contribution in [0, 0.1) is 5.89 Å². The first-order valence-electron chi connectivity index (χ1n) is 8.01. The Balaban J connectivity index is 2.68. The second kappa shape index (κ2) is 7.00. The molecule has 3 atom stereocenters. The van der Waals surface area contributed by atoms with Crippen molar-refractivity contribution >= 4 is 23.7 Å². The van der Waals surface area contributed by atoms with Gasteiger partial charge in [-0.2, -0.15) is 0 Å². The highest BCUT2D eigenvalue weighted by Gasteiger charge is 2.36. The van der Waals surface area contributed by atoms with Crippen molar-refractivity contribution in [3.8, 4) is 0 Å². The second-order valence-electron chi connectivity index (χ2n) is 4.62. The number of ether oxygens (including phenoxy) is 2. The van der Waals surface area contributed by atoms with E-state index in [0.29, 0.717) is 0 Å². The van der Waals surface area contributed by atoms with Crippen LogP contribution < -0.4 is 5.56 Å². The van der Waals surface area contributed by atoms with Crippen molar-refractivity contribution in [2.24, 2.45) is 5.89 Å². The summed E-state index contributed by atoms with van der Waals surface area (Å²) in [4.78, 5) is 36.8. The Bertz CT molecular complexity index is 718. The molecule has 0 radical (unpaired) electrons. The Kier molecular flexibility index (Phi) is 4.41. The molecule has 0 bridgehead atoms. The van der Waals surface area contributed by atoms with Crippen LogP contribution in [0.15, 0.2) is 22.0 Å². The molecule has 0 saturated heterocycles. The third kappa shape index (κ3) is 3.04. The minimum atomic E-state index is -1.60. The number of rotatable bonds is 4. The van der Waals surface area contributed by atoms with Crippen LogP contribution in [0.4, 0.5) is 0 Å². The van der Waals surface area contributed by atoms with Crippen LogP contribution in [-0.2, 0) is 14.3 Å². The van der Waals surface area contributed by atoms with Crippen molar-refractivity contribution in [2.75, 3.05) is 18.9 Å². The Morgan fingerprint density at radius 2 is 2.09 bits per heavy atom. The number of fused-ring (bicyclic) bond motifs is 1. The summed E-state index contributed by atoms with van der Waals surface area (Å²) in [5, 5.41) is 0.156. The molecule has 1 aliphatic heterocycles. The Labute approximate surface area is 135 Å². The molecule has 2 rings (SSSR count). The molecule has 22 heavy (non-hydrogen) atoms. The molecule has 0 aliphatic carbocycles. The first-order chi connectivity index (χ1) is 11.3. The first kappa shape index (κ1) is 13.9. The van der Waals surface area contributed by atoms with E-state index in [-0.39, 0.29) is 23.8 Å². The summed E-state index contributed by atoms with van der Waals surface area (Å²) in [6.45, 7) is 4.92. The van der Waals surface area contributed by atoms with Crippen LogP contribution in [0.2, 0.25) is 0 Å². The fourth-order valence-corrected chi connectivity index (χ4v) is 3.21. The van der Waals surface area contributed by atoms with Gasteiger partial charge in [0.1, 0.15) is 6.04 Å². The molecule has 0 fully saturated rings. The Morgan fingerprint density at radius 3 is 2.73 bits per heavy atom. The minimum absolute atomic E-state index is 0.0862. The first-order valence-corrected chi connectivity index (χ1v) is 7.81. The minimum Gasteiger partial charge on any atom is -0.464 e. The molecular formula is C15H19NO5S. The third-order valence-corrected chi connectivity index (χ3v) is 4.26. The zero-order valence-electron chi connectivity index (χ0n) is 14.6. The van der Waals surface area contributed by atoms with Gasteiger partial charge in [0.25, 0.3) is 5.56 Å². The maximum absolute atomic E-state index is 12.4. The molecule has 2 heterocycles. The molecule has 0 N–H and O–H groups in total. The molecule has 6 nitrogen and oxygen atoms in total. The highest BCUT2D eigenvalue weighted by molar-refractivity contribution is 7.99. The second-order valence-corrected chi connectivity index (χ2v) is 5.47. The van der Waals surface area contributed by atoms with Crippen LogP contribution in [0.25, 0.3) is 0 Å². The van der Waals surface area contributed by atoms with E-state index < -0.39 is 35.2 Å². The predicted molar refractivity (Wildman–Crippen MR) is 82.2 cm³/mol. The Hall–Kier alpha value is -1.76. The zero-order chi connectivity index (χ0) is 18.1. The summed E-state index contributed by atoms with van der Waals surface area (Å²) in [7, 11) is 0. The van der Waals surface area contributed by atoms with Crippen molar-refractivity contribution in [3.05, 3.63) is 28.0 Å². The number of hydrogen-bond acceptors (Lipinski definition) is 6. The van der Waals surface area contributed by atoms with Crippen LogP contribution in [0.5, 0.6) is 0 Å². The molecule has 0 amide bonds. The summed E-state index contributed by atoms with van der Waals surface area (Å²) in [6, 6.07) is 1.17. The van der Waals surface area contributed by atoms with Crippen LogP contribution in [0.3, 0.4) is 0 Å². The van der Waals surface area contributed by atoms with Crippen molar-refractivity contribution in [1.29, 1.82) is 0 Å². The molecule has 1 aromatic rings. The molecule has 1 aromatic heterocycles. The Morgan fingerprint density at radius 1 is 1.41 bits per heavy atom. The van der Waals surface area contributed by atoms with Gasteiger partial charge in [0.15, 0.2) is 0 Å². The number of pyridine rings is 1. The van der Waals surface area contributed by atoms with Gasteiger partial charge in [-0.3, -0.25) is 9.36 Å². The van der Waals surface area contributed by atoms with Gasteiger partial charge in [0, 0.05) is 14.5 Å². The molecule has 120 valence electrons. The normalized spacial score (nSPS) is 28.1. The standard InChI is InChI=1S/C15H19NO5S/c1-4-20-14(18)10-6-7-11(17)16-12(15(19)21-5-2)9(3)8-22-13(10)16/h6-7,9,12H,4-5,8H2,1-3H3/t9-,12+/m1/s1/i8D,9D/t8-,9-,12+. The third-order valence-electron chi connectivity index (χ3n) is 3.13. The van der Waals surface area contributed by atoms with E-state index in [0.717, 1.165) is 22.4 Å². The van der Waals surface area contributed by atoms with Gasteiger partial charge in [-0.05, 0) is 25.8 Å². The van der Waals surface area contributed by atoms with Crippen LogP contribution in [0.1, 0.15) is 39.9 Å². The van der Waals surface area contributed by atoms with E-state index >= 15 is 0 Å². The molecular weight excluding hydrogens is 306 g/mol. The quantitative estimate of drug-likeness (QED) is 0.786. The lowest BCUT2D eigenvalue weighted by atomic mass is 10.0. The van der Waals surface area contributed by atoms with Gasteiger partial charge in [-0.15, -0.1) is 11.8 Å². The lowest BCUT2D eigenvalue weighted by Gasteiger charge is -2.31. The van der Waals surface area contributed by atoms with Gasteiger partial charge in [-0.25, -0.2) is 9.59 Å². The maximum atomic E-state index is 12.4. The van der Waals surface area contributed by atoms with E-state index in [1.165, 1.54) is 13.0 Å². The van der Waals surface area contributed by atoms with Gasteiger partial charge in [0.2, 0.25) is 0 Å². The summed E-state index contributed by atoms with van der Waals surface area (Å²) >= 11 is 0.887. The highest BCUT2D eigenvalue weighted by atomic mass is 32.2. The van der Waals surface area contributed by atoms with E-state index in [9.17, 15) is 14.4 Å². The smallest absolute Gasteiger partial charge is 0.340 e. The van der Waals surface area contributed by atoms with E-state index in [4.69, 9.17) is 12.2 Å². The van der Waals surface area contributed by atoms with Crippen LogP contribution in [-0.4, -0.2) is 35.4 Å². The highest BCUT2D eigenvalue weighted by Crippen LogP contribution is 2.36. The molecule has 0 spiro atoms. The topological polar surface area (TPSA) is 74.6 Å². The maximum Gasteiger partial charge on any atom is 0.340 e. The van der Waals surface area contributed by atoms with Gasteiger partial charge in [-0.1, -0.05) is 6.92 Å². The lowest BCUT2D eigenvalue weighted by Crippen LogP contribution is -2.40. The number of hydrogen-bond donors (Lipinski definition) is 0. The summed E-state index contributed by atoms with van der Waals surface area (Å²) in [5.74, 6) is -3.00. The number of nitrogens with zero attached hydrogens (tertiary/aromatic N) is 1. The van der Waals surface area contributed by atoms with Crippen molar-refractivity contribution < 1.29 is 21.8 Å². The average Bonchev–Trinajstić information content (AvgIpc) is 2.49. The van der Waals surface area contributed by atoms with Gasteiger partial charge in [0.05, 0.1) is 23.8 Å². The van der Waals surface area contributed by atoms with Gasteiger partial charge >= 0.3 is 11.9 Å². The van der Waals surface area contributed by atoms with Crippen molar-refractivity contribution in [3.63, 3.8) is 0 Å². The molecule has 0 aromatic carbocycles. The number of carbonyl (C=O) groups excluding carboxylic acids is 2. The van der Waals surface area contributed by atoms with Crippen molar-refractivity contribution in [1.82, 2.24) is 4.57 Å². The molecule has 0 saturated carbocycles. The van der Waals surface area contributed by atoms with Crippen LogP contribution >= 0.6 is 11.8 Å². The number of carbonyl (C=O) groups is 2. The average molecular weight is 327 g/mol. The summed E-state index contributed by atoms with van der Waals surface area (Å²) in [5.41, 5.74) is -1.51. The number of aromatic nitrogens is 1. The number of thioether (sulfide) groups is 1. The van der Waals surface area contributed by atoms with Gasteiger partial charge < -0.3 is 9.47 Å². The SMILES string of the molecule is [2H][C@H]1Sc2c(C(=O)OCC)ccc(=O)n2[C@H](C(=O)OCC)[C@]1([2H])C. The fraction of sp³-hybridized carbons (Fsp3) is 0.533. The monoisotopic (exact) mass is 327 g/mol. The molecule has 1 aliphatic rings. The molecule has 7 heteroatoms. The largest absolute Gasteiger partial charge is 0.464 e. The zero-order valence-corrected chi connectivity index (χ0v) is 13.4. The summed E-state index contributed by atoms with van der Waals surface area (Å²) in [6.07, 6.45) is 0. The predicted octanol–water partition coefficient (Wildman–Crippen LogP) is 1.87. The van der Waals surface area contributed by atoms with Crippen molar-refractivity contribution in [2.45, 2.75) is 31.8 Å². The van der Waals surface area contributed by atoms with E-state index in [2.05, 4.69) is 0 Å². The lowest BCUT2D eigenvalue weighted by molar-refractivity contribution is -0.149. The summed E-state index contributed by atoms with van der Waals surface area (Å²) < 4.78 is 27.6. The van der Waals surface area contributed by atoms with E-state index in [1.54, 1.807) is 13.8 Å². The molecule has 0 unspecified atom stereocenters. The fourth-order valence-electron chi connectivity index (χ4n) is 2.19. The van der Waals surface area contributed by atoms with E-state index in [1.807, 2.05) is 0 Å². The number of esters is 2.